The van der Waals surface area contributed by atoms with Crippen molar-refractivity contribution in [2.45, 2.75) is 13.3 Å². The van der Waals surface area contributed by atoms with Crippen LogP contribution in [-0.2, 0) is 9.53 Å². The summed E-state index contributed by atoms with van der Waals surface area (Å²) in [6, 6.07) is 19.3. The summed E-state index contributed by atoms with van der Waals surface area (Å²) in [5.74, 6) is -2.33. The molecule has 35 heavy (non-hydrogen) atoms. The Bertz CT molecular complexity index is 1280. The van der Waals surface area contributed by atoms with Crippen LogP contribution in [-0.4, -0.2) is 47.6 Å². The average molecular weight is 471 g/mol. The maximum atomic E-state index is 12.3. The number of ether oxygens (including phenoxy) is 2. The van der Waals surface area contributed by atoms with Gasteiger partial charge in [0.1, 0.15) is 5.75 Å². The van der Waals surface area contributed by atoms with E-state index in [2.05, 4.69) is 0 Å². The van der Waals surface area contributed by atoms with E-state index in [1.165, 1.54) is 24.3 Å². The second-order valence-electron chi connectivity index (χ2n) is 7.92. The molecule has 0 aliphatic carbocycles. The van der Waals surface area contributed by atoms with E-state index in [9.17, 15) is 24.0 Å². The quantitative estimate of drug-likeness (QED) is 0.214. The number of Topliss-reactive ketones (excluding diaryl/α,β-unsaturated/α-hetero) is 1. The van der Waals surface area contributed by atoms with Crippen molar-refractivity contribution in [3.05, 3.63) is 101 Å². The van der Waals surface area contributed by atoms with Gasteiger partial charge in [0.25, 0.3) is 11.8 Å². The number of aryl methyl sites for hydroxylation is 1. The first-order valence-electron chi connectivity index (χ1n) is 10.9. The van der Waals surface area contributed by atoms with E-state index in [1.807, 2.05) is 6.92 Å². The maximum absolute atomic E-state index is 12.3. The highest BCUT2D eigenvalue weighted by molar-refractivity contribution is 6.21. The van der Waals surface area contributed by atoms with E-state index in [-0.39, 0.29) is 24.3 Å². The first-order valence-corrected chi connectivity index (χ1v) is 10.9. The summed E-state index contributed by atoms with van der Waals surface area (Å²) in [5.41, 5.74) is 2.30. The molecule has 0 unspecified atom stereocenters. The number of benzene rings is 3. The van der Waals surface area contributed by atoms with Crippen LogP contribution >= 0.6 is 0 Å². The van der Waals surface area contributed by atoms with Gasteiger partial charge in [-0.3, -0.25) is 24.1 Å². The summed E-state index contributed by atoms with van der Waals surface area (Å²) < 4.78 is 10.3. The average Bonchev–Trinajstić information content (AvgIpc) is 3.11. The highest BCUT2D eigenvalue weighted by Crippen LogP contribution is 2.22. The van der Waals surface area contributed by atoms with Crippen molar-refractivity contribution in [1.29, 1.82) is 0 Å². The standard InChI is InChI=1S/C27H21NO7/c1-17-6-8-19(9-7-17)27(33)35-20-12-10-18(11-13-20)23(29)16-34-24(30)14-15-28-25(31)21-4-2-3-5-22(21)26(28)32/h2-13H,14-16H2,1H3. The fraction of sp³-hybridized carbons (Fsp3) is 0.148. The minimum atomic E-state index is -0.710. The normalized spacial score (nSPS) is 12.3. The van der Waals surface area contributed by atoms with Gasteiger partial charge in [-0.05, 0) is 55.5 Å². The SMILES string of the molecule is Cc1ccc(C(=O)Oc2ccc(C(=O)COC(=O)CCN3C(=O)c4ccccc4C3=O)cc2)cc1. The predicted molar refractivity (Wildman–Crippen MR) is 124 cm³/mol. The molecular formula is C27H21NO7. The molecule has 4 rings (SSSR count). The van der Waals surface area contributed by atoms with Gasteiger partial charge in [-0.15, -0.1) is 0 Å². The number of carbonyl (C=O) groups is 5. The molecule has 0 N–H and O–H groups in total. The fourth-order valence-corrected chi connectivity index (χ4v) is 3.51. The number of hydrogen-bond acceptors (Lipinski definition) is 7. The van der Waals surface area contributed by atoms with Gasteiger partial charge in [0.05, 0.1) is 23.1 Å². The van der Waals surface area contributed by atoms with Crippen LogP contribution in [0.15, 0.2) is 72.8 Å². The Morgan fingerprint density at radius 3 is 1.94 bits per heavy atom. The molecule has 3 aromatic rings. The van der Waals surface area contributed by atoms with Gasteiger partial charge in [-0.1, -0.05) is 29.8 Å². The van der Waals surface area contributed by atoms with Crippen molar-refractivity contribution in [1.82, 2.24) is 4.90 Å². The second kappa shape index (κ2) is 10.1. The van der Waals surface area contributed by atoms with Crippen LogP contribution in [0.1, 0.15) is 53.4 Å². The molecule has 1 aliphatic rings. The Morgan fingerprint density at radius 2 is 1.34 bits per heavy atom. The third-order valence-corrected chi connectivity index (χ3v) is 5.46. The number of rotatable bonds is 8. The highest BCUT2D eigenvalue weighted by atomic mass is 16.5. The van der Waals surface area contributed by atoms with E-state index in [4.69, 9.17) is 9.47 Å². The molecule has 176 valence electrons. The number of ketones is 1. The molecule has 8 nitrogen and oxygen atoms in total. The first kappa shape index (κ1) is 23.6. The summed E-state index contributed by atoms with van der Waals surface area (Å²) in [5, 5.41) is 0. The van der Waals surface area contributed by atoms with E-state index < -0.39 is 36.1 Å². The highest BCUT2D eigenvalue weighted by Gasteiger charge is 2.35. The lowest BCUT2D eigenvalue weighted by Crippen LogP contribution is -2.32. The Hall–Kier alpha value is -4.59. The largest absolute Gasteiger partial charge is 0.457 e. The molecule has 1 heterocycles. The van der Waals surface area contributed by atoms with Gasteiger partial charge in [0.2, 0.25) is 0 Å². The number of amides is 2. The van der Waals surface area contributed by atoms with E-state index in [0.717, 1.165) is 10.5 Å². The lowest BCUT2D eigenvalue weighted by Gasteiger charge is -2.13. The molecule has 0 saturated carbocycles. The zero-order valence-electron chi connectivity index (χ0n) is 18.9. The lowest BCUT2D eigenvalue weighted by atomic mass is 10.1. The van der Waals surface area contributed by atoms with Crippen LogP contribution in [0.5, 0.6) is 5.75 Å². The molecule has 0 radical (unpaired) electrons. The zero-order chi connectivity index (χ0) is 24.9. The summed E-state index contributed by atoms with van der Waals surface area (Å²) in [7, 11) is 0. The predicted octanol–water partition coefficient (Wildman–Crippen LogP) is 3.63. The van der Waals surface area contributed by atoms with E-state index >= 15 is 0 Å². The summed E-state index contributed by atoms with van der Waals surface area (Å²) >= 11 is 0. The molecule has 0 atom stereocenters. The van der Waals surface area contributed by atoms with Crippen LogP contribution in [0.3, 0.4) is 0 Å². The maximum Gasteiger partial charge on any atom is 0.343 e. The van der Waals surface area contributed by atoms with Crippen LogP contribution in [0, 0.1) is 6.92 Å². The topological polar surface area (TPSA) is 107 Å². The number of nitrogens with zero attached hydrogens (tertiary/aromatic N) is 1. The number of esters is 2. The summed E-state index contributed by atoms with van der Waals surface area (Å²) in [6.45, 7) is 1.28. The van der Waals surface area contributed by atoms with Crippen molar-refractivity contribution in [2.75, 3.05) is 13.2 Å². The Balaban J connectivity index is 1.24. The molecule has 1 aliphatic heterocycles. The van der Waals surface area contributed by atoms with E-state index in [1.54, 1.807) is 48.5 Å². The molecule has 0 fully saturated rings. The number of hydrogen-bond donors (Lipinski definition) is 0. The van der Waals surface area contributed by atoms with Gasteiger partial charge in [0, 0.05) is 12.1 Å². The van der Waals surface area contributed by atoms with E-state index in [0.29, 0.717) is 16.7 Å². The number of fused-ring (bicyclic) bond motifs is 1. The smallest absolute Gasteiger partial charge is 0.343 e. The van der Waals surface area contributed by atoms with Crippen LogP contribution < -0.4 is 4.74 Å². The Labute approximate surface area is 201 Å². The lowest BCUT2D eigenvalue weighted by molar-refractivity contribution is -0.142. The molecule has 3 aromatic carbocycles. The van der Waals surface area contributed by atoms with Crippen LogP contribution in [0.25, 0.3) is 0 Å². The molecule has 8 heteroatoms. The van der Waals surface area contributed by atoms with Gasteiger partial charge in [-0.25, -0.2) is 4.79 Å². The Kier molecular flexibility index (Phi) is 6.82. The molecule has 0 saturated heterocycles. The zero-order valence-corrected chi connectivity index (χ0v) is 18.9. The monoisotopic (exact) mass is 471 g/mol. The molecule has 2 amide bonds. The molecular weight excluding hydrogens is 450 g/mol. The molecule has 0 spiro atoms. The van der Waals surface area contributed by atoms with Crippen molar-refractivity contribution < 1.29 is 33.4 Å². The first-order chi connectivity index (χ1) is 16.8. The van der Waals surface area contributed by atoms with Crippen molar-refractivity contribution in [3.8, 4) is 5.75 Å². The molecule has 0 aromatic heterocycles. The van der Waals surface area contributed by atoms with Gasteiger partial charge in [-0.2, -0.15) is 0 Å². The minimum absolute atomic E-state index is 0.138. The van der Waals surface area contributed by atoms with Gasteiger partial charge in [0.15, 0.2) is 12.4 Å². The Morgan fingerprint density at radius 1 is 0.771 bits per heavy atom. The van der Waals surface area contributed by atoms with Crippen molar-refractivity contribution >= 4 is 29.5 Å². The van der Waals surface area contributed by atoms with Gasteiger partial charge < -0.3 is 9.47 Å². The molecule has 0 bridgehead atoms. The fourth-order valence-electron chi connectivity index (χ4n) is 3.51. The second-order valence-corrected chi connectivity index (χ2v) is 7.92. The third kappa shape index (κ3) is 5.33. The summed E-state index contributed by atoms with van der Waals surface area (Å²) in [6.07, 6.45) is -0.230. The third-order valence-electron chi connectivity index (χ3n) is 5.46. The van der Waals surface area contributed by atoms with Crippen molar-refractivity contribution in [3.63, 3.8) is 0 Å². The minimum Gasteiger partial charge on any atom is -0.457 e. The van der Waals surface area contributed by atoms with Crippen LogP contribution in [0.2, 0.25) is 0 Å². The van der Waals surface area contributed by atoms with Gasteiger partial charge >= 0.3 is 11.9 Å². The van der Waals surface area contributed by atoms with Crippen LogP contribution in [0.4, 0.5) is 0 Å². The summed E-state index contributed by atoms with van der Waals surface area (Å²) in [4.78, 5) is 62.3. The number of imide groups is 1. The van der Waals surface area contributed by atoms with Crippen molar-refractivity contribution in [2.24, 2.45) is 0 Å². The number of carbonyl (C=O) groups excluding carboxylic acids is 5.